The van der Waals surface area contributed by atoms with Crippen molar-refractivity contribution in [1.29, 1.82) is 0 Å². The molecule has 0 aliphatic carbocycles. The van der Waals surface area contributed by atoms with Gasteiger partial charge in [0.25, 0.3) is 0 Å². The Morgan fingerprint density at radius 1 is 1.05 bits per heavy atom. The van der Waals surface area contributed by atoms with Crippen molar-refractivity contribution in [3.63, 3.8) is 0 Å². The summed E-state index contributed by atoms with van der Waals surface area (Å²) < 4.78 is 10.5. The van der Waals surface area contributed by atoms with Crippen molar-refractivity contribution in [2.75, 3.05) is 0 Å². The SMILES string of the molecule is C=CCC(C=C)OC(=O)CCCC(=O)OC(C)CCCCC. The van der Waals surface area contributed by atoms with Crippen molar-refractivity contribution < 1.29 is 19.1 Å². The minimum absolute atomic E-state index is 0.0521. The van der Waals surface area contributed by atoms with Crippen LogP contribution in [0.1, 0.15) is 65.2 Å². The van der Waals surface area contributed by atoms with Gasteiger partial charge in [-0.05, 0) is 26.2 Å². The maximum atomic E-state index is 11.6. The molecule has 0 spiro atoms. The third-order valence-corrected chi connectivity index (χ3v) is 3.25. The highest BCUT2D eigenvalue weighted by molar-refractivity contribution is 5.72. The lowest BCUT2D eigenvalue weighted by Crippen LogP contribution is -2.17. The van der Waals surface area contributed by atoms with Crippen LogP contribution < -0.4 is 0 Å². The number of carbonyl (C=O) groups excluding carboxylic acids is 2. The van der Waals surface area contributed by atoms with Crippen molar-refractivity contribution in [3.05, 3.63) is 25.3 Å². The van der Waals surface area contributed by atoms with Gasteiger partial charge >= 0.3 is 11.9 Å². The van der Waals surface area contributed by atoms with Crippen LogP contribution in [-0.2, 0) is 19.1 Å². The van der Waals surface area contributed by atoms with Gasteiger partial charge in [-0.15, -0.1) is 6.58 Å². The summed E-state index contributed by atoms with van der Waals surface area (Å²) in [5.41, 5.74) is 0. The van der Waals surface area contributed by atoms with Crippen LogP contribution in [0.25, 0.3) is 0 Å². The molecule has 4 heteroatoms. The largest absolute Gasteiger partial charge is 0.463 e. The Morgan fingerprint density at radius 3 is 2.23 bits per heavy atom. The summed E-state index contributed by atoms with van der Waals surface area (Å²) in [6.45, 7) is 11.2. The second-order valence-corrected chi connectivity index (χ2v) is 5.44. The molecule has 0 aromatic carbocycles. The first kappa shape index (κ1) is 20.4. The van der Waals surface area contributed by atoms with E-state index in [0.717, 1.165) is 25.7 Å². The summed E-state index contributed by atoms with van der Waals surface area (Å²) in [4.78, 5) is 23.3. The smallest absolute Gasteiger partial charge is 0.306 e. The molecule has 0 radical (unpaired) electrons. The Labute approximate surface area is 134 Å². The molecule has 0 aromatic rings. The van der Waals surface area contributed by atoms with Crippen molar-refractivity contribution in [2.24, 2.45) is 0 Å². The molecule has 0 aromatic heterocycles. The quantitative estimate of drug-likeness (QED) is 0.288. The normalized spacial score (nSPS) is 13.0. The van der Waals surface area contributed by atoms with Gasteiger partial charge in [-0.2, -0.15) is 0 Å². The van der Waals surface area contributed by atoms with E-state index in [4.69, 9.17) is 9.47 Å². The molecule has 2 unspecified atom stereocenters. The fourth-order valence-electron chi connectivity index (χ4n) is 1.99. The summed E-state index contributed by atoms with van der Waals surface area (Å²) in [6, 6.07) is 0. The van der Waals surface area contributed by atoms with Crippen LogP contribution in [0.15, 0.2) is 25.3 Å². The zero-order valence-corrected chi connectivity index (χ0v) is 14.0. The average Bonchev–Trinajstić information content (AvgIpc) is 2.46. The predicted octanol–water partition coefficient (Wildman–Crippen LogP) is 4.34. The monoisotopic (exact) mass is 310 g/mol. The molecule has 0 aliphatic heterocycles. The van der Waals surface area contributed by atoms with Crippen molar-refractivity contribution in [3.8, 4) is 0 Å². The lowest BCUT2D eigenvalue weighted by Gasteiger charge is -2.13. The molecule has 22 heavy (non-hydrogen) atoms. The zero-order valence-electron chi connectivity index (χ0n) is 14.0. The van der Waals surface area contributed by atoms with Gasteiger partial charge in [0.2, 0.25) is 0 Å². The van der Waals surface area contributed by atoms with Gasteiger partial charge < -0.3 is 9.47 Å². The Hall–Kier alpha value is -1.58. The molecular formula is C18H30O4. The Morgan fingerprint density at radius 2 is 1.68 bits per heavy atom. The Kier molecular flexibility index (Phi) is 12.2. The van der Waals surface area contributed by atoms with Crippen LogP contribution in [0.3, 0.4) is 0 Å². The van der Waals surface area contributed by atoms with Crippen LogP contribution in [0.5, 0.6) is 0 Å². The molecule has 0 amide bonds. The Bertz CT molecular complexity index is 349. The number of esters is 2. The minimum atomic E-state index is -0.337. The second kappa shape index (κ2) is 13.1. The Balaban J connectivity index is 3.80. The van der Waals surface area contributed by atoms with E-state index in [0.29, 0.717) is 12.8 Å². The molecule has 0 rings (SSSR count). The highest BCUT2D eigenvalue weighted by atomic mass is 16.5. The van der Waals surface area contributed by atoms with Crippen molar-refractivity contribution >= 4 is 11.9 Å². The molecule has 0 heterocycles. The molecule has 0 aliphatic rings. The third kappa shape index (κ3) is 11.1. The van der Waals surface area contributed by atoms with E-state index in [1.165, 1.54) is 0 Å². The van der Waals surface area contributed by atoms with Gasteiger partial charge in [0.15, 0.2) is 0 Å². The van der Waals surface area contributed by atoms with Crippen LogP contribution >= 0.6 is 0 Å². The van der Waals surface area contributed by atoms with Crippen LogP contribution in [-0.4, -0.2) is 24.1 Å². The molecule has 126 valence electrons. The number of rotatable bonds is 13. The summed E-state index contributed by atoms with van der Waals surface area (Å²) in [7, 11) is 0. The van der Waals surface area contributed by atoms with E-state index in [-0.39, 0.29) is 37.0 Å². The maximum Gasteiger partial charge on any atom is 0.306 e. The van der Waals surface area contributed by atoms with E-state index in [1.807, 2.05) is 6.92 Å². The number of unbranched alkanes of at least 4 members (excludes halogenated alkanes) is 2. The molecule has 0 fully saturated rings. The van der Waals surface area contributed by atoms with E-state index in [9.17, 15) is 9.59 Å². The first-order valence-corrected chi connectivity index (χ1v) is 8.15. The molecule has 0 saturated heterocycles. The molecule has 0 saturated carbocycles. The maximum absolute atomic E-state index is 11.6. The number of carbonyl (C=O) groups is 2. The standard InChI is InChI=1S/C18H30O4/c1-5-8-9-12-15(4)21-17(19)13-10-14-18(20)22-16(7-3)11-6-2/h6-7,15-16H,2-3,5,8-14H2,1,4H3. The summed E-state index contributed by atoms with van der Waals surface area (Å²) >= 11 is 0. The fourth-order valence-corrected chi connectivity index (χ4v) is 1.99. The number of hydrogen-bond donors (Lipinski definition) is 0. The highest BCUT2D eigenvalue weighted by Crippen LogP contribution is 2.09. The van der Waals surface area contributed by atoms with Crippen molar-refractivity contribution in [1.82, 2.24) is 0 Å². The third-order valence-electron chi connectivity index (χ3n) is 3.25. The lowest BCUT2D eigenvalue weighted by molar-refractivity contribution is -0.149. The first-order chi connectivity index (χ1) is 10.5. The van der Waals surface area contributed by atoms with E-state index < -0.39 is 0 Å². The fraction of sp³-hybridized carbons (Fsp3) is 0.667. The summed E-state index contributed by atoms with van der Waals surface area (Å²) in [6.07, 6.45) is 8.58. The average molecular weight is 310 g/mol. The molecular weight excluding hydrogens is 280 g/mol. The van der Waals surface area contributed by atoms with Gasteiger partial charge in [-0.25, -0.2) is 0 Å². The highest BCUT2D eigenvalue weighted by Gasteiger charge is 2.13. The molecule has 0 bridgehead atoms. The van der Waals surface area contributed by atoms with Gasteiger partial charge in [-0.3, -0.25) is 9.59 Å². The first-order valence-electron chi connectivity index (χ1n) is 8.15. The number of ether oxygens (including phenoxy) is 2. The predicted molar refractivity (Wildman–Crippen MR) is 88.4 cm³/mol. The molecule has 0 N–H and O–H groups in total. The second-order valence-electron chi connectivity index (χ2n) is 5.44. The van der Waals surface area contributed by atoms with E-state index in [1.54, 1.807) is 12.2 Å². The molecule has 2 atom stereocenters. The van der Waals surface area contributed by atoms with Gasteiger partial charge in [-0.1, -0.05) is 38.5 Å². The topological polar surface area (TPSA) is 52.6 Å². The van der Waals surface area contributed by atoms with Crippen LogP contribution in [0, 0.1) is 0 Å². The summed E-state index contributed by atoms with van der Waals surface area (Å²) in [5.74, 6) is -0.571. The zero-order chi connectivity index (χ0) is 16.8. The van der Waals surface area contributed by atoms with Gasteiger partial charge in [0, 0.05) is 19.3 Å². The van der Waals surface area contributed by atoms with E-state index in [2.05, 4.69) is 20.1 Å². The summed E-state index contributed by atoms with van der Waals surface area (Å²) in [5, 5.41) is 0. The molecule has 4 nitrogen and oxygen atoms in total. The number of hydrogen-bond acceptors (Lipinski definition) is 4. The van der Waals surface area contributed by atoms with Gasteiger partial charge in [0.1, 0.15) is 6.10 Å². The lowest BCUT2D eigenvalue weighted by atomic mass is 10.1. The van der Waals surface area contributed by atoms with Gasteiger partial charge in [0.05, 0.1) is 6.10 Å². The van der Waals surface area contributed by atoms with Crippen LogP contribution in [0.2, 0.25) is 0 Å². The minimum Gasteiger partial charge on any atom is -0.463 e. The van der Waals surface area contributed by atoms with Crippen molar-refractivity contribution in [2.45, 2.75) is 77.4 Å². The van der Waals surface area contributed by atoms with Crippen LogP contribution in [0.4, 0.5) is 0 Å². The van der Waals surface area contributed by atoms with E-state index >= 15 is 0 Å².